The third kappa shape index (κ3) is 3.86. The SMILES string of the molecule is C/C=C/C=C/C(=O)OC1=CC[C@@]2(O)[C@H]3Cc4ccc(O)c5c4[C@@]2(CCN3C)[C@H]1O5.O=C(O)C(F)(F)F. The molecule has 0 saturated carbocycles. The normalized spacial score (nSPS) is 30.2. The van der Waals surface area contributed by atoms with Crippen LogP contribution in [0.4, 0.5) is 13.2 Å². The molecule has 0 aromatic heterocycles. The third-order valence-corrected chi connectivity index (χ3v) is 7.35. The largest absolute Gasteiger partial charge is 0.504 e. The standard InChI is InChI=1S/C23H25NO5.C2HF3O2/c1-3-4-5-6-18(26)28-16-9-10-23(27)17-13-14-7-8-15(25)20-19(14)22(23,21(16)29-20)11-12-24(17)2;3-2(4,5)1(6)7/h3-9,17,21,25,27H,10-13H2,1-2H3;(H,6,7)/b4-3+,6-5+;/t17-,21+,22+,23-;/m1./s1. The van der Waals surface area contributed by atoms with Gasteiger partial charge in [-0.1, -0.05) is 24.3 Å². The molecule has 0 amide bonds. The summed E-state index contributed by atoms with van der Waals surface area (Å²) in [6.45, 7) is 2.66. The highest BCUT2D eigenvalue weighted by molar-refractivity contribution is 5.83. The molecule has 1 spiro atoms. The maximum Gasteiger partial charge on any atom is 0.490 e. The summed E-state index contributed by atoms with van der Waals surface area (Å²) in [5.74, 6) is -2.35. The number of aliphatic carboxylic acids is 1. The number of phenols is 1. The van der Waals surface area contributed by atoms with Crippen LogP contribution in [0, 0.1) is 0 Å². The van der Waals surface area contributed by atoms with E-state index in [4.69, 9.17) is 19.4 Å². The van der Waals surface area contributed by atoms with Crippen molar-refractivity contribution in [3.63, 3.8) is 0 Å². The Morgan fingerprint density at radius 1 is 1.28 bits per heavy atom. The molecule has 1 aromatic rings. The van der Waals surface area contributed by atoms with E-state index < -0.39 is 35.2 Å². The van der Waals surface area contributed by atoms with Gasteiger partial charge >= 0.3 is 18.1 Å². The smallest absolute Gasteiger partial charge is 0.490 e. The number of rotatable bonds is 3. The first-order chi connectivity index (χ1) is 16.9. The van der Waals surface area contributed by atoms with Crippen LogP contribution in [0.2, 0.25) is 0 Å². The highest BCUT2D eigenvalue weighted by Gasteiger charge is 2.72. The molecule has 36 heavy (non-hydrogen) atoms. The number of hydrogen-bond donors (Lipinski definition) is 3. The summed E-state index contributed by atoms with van der Waals surface area (Å²) < 4.78 is 43.6. The molecular weight excluding hydrogens is 483 g/mol. The Kier molecular flexibility index (Phi) is 6.42. The first kappa shape index (κ1) is 25.8. The zero-order valence-electron chi connectivity index (χ0n) is 19.6. The summed E-state index contributed by atoms with van der Waals surface area (Å²) in [7, 11) is 2.04. The van der Waals surface area contributed by atoms with Gasteiger partial charge in [0.05, 0.1) is 11.0 Å². The van der Waals surface area contributed by atoms with Crippen molar-refractivity contribution in [2.75, 3.05) is 13.6 Å². The quantitative estimate of drug-likeness (QED) is 0.324. The molecule has 194 valence electrons. The first-order valence-electron chi connectivity index (χ1n) is 11.3. The molecule has 2 bridgehead atoms. The number of phenolic OH excluding ortho intramolecular Hbond substituents is 1. The Balaban J connectivity index is 0.000000384. The Labute approximate surface area is 204 Å². The van der Waals surface area contributed by atoms with E-state index >= 15 is 0 Å². The molecule has 1 fully saturated rings. The number of nitrogens with zero attached hydrogens (tertiary/aromatic N) is 1. The zero-order valence-corrected chi connectivity index (χ0v) is 19.6. The minimum absolute atomic E-state index is 0.0610. The Morgan fingerprint density at radius 3 is 2.61 bits per heavy atom. The van der Waals surface area contributed by atoms with E-state index in [1.165, 1.54) is 6.08 Å². The van der Waals surface area contributed by atoms with Gasteiger partial charge < -0.3 is 29.7 Å². The van der Waals surface area contributed by atoms with Crippen molar-refractivity contribution in [2.24, 2.45) is 0 Å². The van der Waals surface area contributed by atoms with E-state index in [1.54, 1.807) is 24.3 Å². The number of ether oxygens (including phenoxy) is 2. The number of hydrogen-bond acceptors (Lipinski definition) is 7. The van der Waals surface area contributed by atoms with Gasteiger partial charge in [-0.05, 0) is 51.1 Å². The van der Waals surface area contributed by atoms with Crippen molar-refractivity contribution < 1.29 is 47.6 Å². The average Bonchev–Trinajstić information content (AvgIpc) is 3.16. The monoisotopic (exact) mass is 509 g/mol. The number of carbonyl (C=O) groups excluding carboxylic acids is 1. The fraction of sp³-hybridized carbons (Fsp3) is 0.440. The number of likely N-dealkylation sites (N-methyl/N-ethyl adjacent to an activating group) is 1. The van der Waals surface area contributed by atoms with Crippen molar-refractivity contribution >= 4 is 11.9 Å². The van der Waals surface area contributed by atoms with Gasteiger partial charge in [0.15, 0.2) is 17.6 Å². The molecule has 3 N–H and O–H groups in total. The van der Waals surface area contributed by atoms with Gasteiger partial charge in [-0.3, -0.25) is 0 Å². The number of allylic oxidation sites excluding steroid dienone is 3. The van der Waals surface area contributed by atoms with Crippen molar-refractivity contribution in [3.8, 4) is 11.5 Å². The number of alkyl halides is 3. The van der Waals surface area contributed by atoms with Crippen molar-refractivity contribution in [1.29, 1.82) is 0 Å². The van der Waals surface area contributed by atoms with E-state index in [2.05, 4.69) is 4.90 Å². The van der Waals surface area contributed by atoms with Crippen molar-refractivity contribution in [1.82, 2.24) is 4.90 Å². The Morgan fingerprint density at radius 2 is 1.97 bits per heavy atom. The lowest BCUT2D eigenvalue weighted by atomic mass is 9.50. The van der Waals surface area contributed by atoms with Crippen LogP contribution < -0.4 is 4.74 Å². The van der Waals surface area contributed by atoms with Crippen LogP contribution in [-0.2, 0) is 26.2 Å². The number of carboxylic acids is 1. The fourth-order valence-corrected chi connectivity index (χ4v) is 5.83. The van der Waals surface area contributed by atoms with Gasteiger partial charge in [0.1, 0.15) is 5.76 Å². The lowest BCUT2D eigenvalue weighted by Gasteiger charge is -2.61. The fourth-order valence-electron chi connectivity index (χ4n) is 5.83. The average molecular weight is 509 g/mol. The predicted octanol–water partition coefficient (Wildman–Crippen LogP) is 2.98. The number of likely N-dealkylation sites (tertiary alicyclic amines) is 1. The molecule has 1 saturated heterocycles. The number of aromatic hydroxyl groups is 1. The first-order valence-corrected chi connectivity index (χ1v) is 11.3. The second-order valence-electron chi connectivity index (χ2n) is 9.21. The molecule has 11 heteroatoms. The summed E-state index contributed by atoms with van der Waals surface area (Å²) in [5, 5.41) is 29.6. The molecule has 0 radical (unpaired) electrons. The summed E-state index contributed by atoms with van der Waals surface area (Å²) in [6.07, 6.45) is 4.36. The zero-order chi connectivity index (χ0) is 26.5. The molecule has 1 aromatic carbocycles. The second-order valence-corrected chi connectivity index (χ2v) is 9.21. The molecular formula is C25H26F3NO7. The highest BCUT2D eigenvalue weighted by Crippen LogP contribution is 2.65. The van der Waals surface area contributed by atoms with Crippen LogP contribution in [0.1, 0.15) is 30.9 Å². The maximum absolute atomic E-state index is 12.3. The van der Waals surface area contributed by atoms with Gasteiger partial charge in [0.25, 0.3) is 0 Å². The van der Waals surface area contributed by atoms with E-state index in [1.807, 2.05) is 26.1 Å². The van der Waals surface area contributed by atoms with Crippen LogP contribution in [0.5, 0.6) is 11.5 Å². The van der Waals surface area contributed by atoms with E-state index in [-0.39, 0.29) is 11.8 Å². The number of benzene rings is 1. The second kappa shape index (κ2) is 8.97. The Hall–Kier alpha value is -3.31. The van der Waals surface area contributed by atoms with E-state index in [0.29, 0.717) is 30.8 Å². The topological polar surface area (TPSA) is 117 Å². The number of aliphatic hydroxyl groups is 1. The molecule has 2 heterocycles. The van der Waals surface area contributed by atoms with Crippen LogP contribution >= 0.6 is 0 Å². The number of carbonyl (C=O) groups is 2. The minimum atomic E-state index is -5.08. The summed E-state index contributed by atoms with van der Waals surface area (Å²) in [4.78, 5) is 23.4. The Bertz CT molecular complexity index is 1170. The number of halogens is 3. The van der Waals surface area contributed by atoms with Crippen molar-refractivity contribution in [3.05, 3.63) is 59.4 Å². The lowest BCUT2D eigenvalue weighted by Crippen LogP contribution is -2.74. The molecule has 5 rings (SSSR count). The molecule has 8 nitrogen and oxygen atoms in total. The van der Waals surface area contributed by atoms with Crippen LogP contribution in [0.25, 0.3) is 0 Å². The highest BCUT2D eigenvalue weighted by atomic mass is 19.4. The lowest BCUT2D eigenvalue weighted by molar-refractivity contribution is -0.192. The molecule has 2 aliphatic heterocycles. The number of piperidine rings is 1. The molecule has 4 atom stereocenters. The van der Waals surface area contributed by atoms with Gasteiger partial charge in [-0.15, -0.1) is 0 Å². The summed E-state index contributed by atoms with van der Waals surface area (Å²) >= 11 is 0. The maximum atomic E-state index is 12.3. The number of esters is 1. The molecule has 0 unspecified atom stereocenters. The van der Waals surface area contributed by atoms with Crippen LogP contribution in [0.15, 0.2) is 48.3 Å². The van der Waals surface area contributed by atoms with Gasteiger partial charge in [0, 0.05) is 24.1 Å². The van der Waals surface area contributed by atoms with Crippen LogP contribution in [0.3, 0.4) is 0 Å². The molecule has 4 aliphatic rings. The van der Waals surface area contributed by atoms with Gasteiger partial charge in [-0.2, -0.15) is 13.2 Å². The minimum Gasteiger partial charge on any atom is -0.504 e. The number of carboxylic acid groups (broad SMARTS) is 1. The summed E-state index contributed by atoms with van der Waals surface area (Å²) in [5.41, 5.74) is 0.193. The van der Waals surface area contributed by atoms with E-state index in [0.717, 1.165) is 17.7 Å². The van der Waals surface area contributed by atoms with Crippen molar-refractivity contribution in [2.45, 2.75) is 55.5 Å². The van der Waals surface area contributed by atoms with E-state index in [9.17, 15) is 28.2 Å². The van der Waals surface area contributed by atoms with Gasteiger partial charge in [0.2, 0.25) is 0 Å². The third-order valence-electron chi connectivity index (χ3n) is 7.35. The summed E-state index contributed by atoms with van der Waals surface area (Å²) in [6, 6.07) is 3.52. The van der Waals surface area contributed by atoms with Gasteiger partial charge in [-0.25, -0.2) is 9.59 Å². The molecule has 2 aliphatic carbocycles. The van der Waals surface area contributed by atoms with Crippen LogP contribution in [-0.4, -0.2) is 69.7 Å². The predicted molar refractivity (Wildman–Crippen MR) is 120 cm³/mol.